The second kappa shape index (κ2) is 6.77. The number of nitrogens with zero attached hydrogens (tertiary/aromatic N) is 5. The smallest absolute Gasteiger partial charge is 0.245 e. The fourth-order valence-electron chi connectivity index (χ4n) is 4.79. The summed E-state index contributed by atoms with van der Waals surface area (Å²) in [5.74, 6) is 2.36. The Morgan fingerprint density at radius 3 is 2.86 bits per heavy atom. The molecule has 2 aliphatic rings. The lowest BCUT2D eigenvalue weighted by molar-refractivity contribution is 0.190. The molecular weight excluding hydrogens is 352 g/mol. The first kappa shape index (κ1) is 17.5. The van der Waals surface area contributed by atoms with Gasteiger partial charge in [-0.25, -0.2) is 4.52 Å². The van der Waals surface area contributed by atoms with Crippen LogP contribution in [0.2, 0.25) is 0 Å². The third kappa shape index (κ3) is 3.11. The van der Waals surface area contributed by atoms with Gasteiger partial charge in [-0.3, -0.25) is 5.10 Å². The maximum atomic E-state index is 4.89. The van der Waals surface area contributed by atoms with Crippen LogP contribution in [0.3, 0.4) is 0 Å². The van der Waals surface area contributed by atoms with E-state index in [4.69, 9.17) is 10.1 Å². The van der Waals surface area contributed by atoms with Crippen molar-refractivity contribution < 1.29 is 0 Å². The van der Waals surface area contributed by atoms with Gasteiger partial charge >= 0.3 is 0 Å². The summed E-state index contributed by atoms with van der Waals surface area (Å²) < 4.78 is 1.91. The number of aromatic nitrogens is 5. The first-order valence-corrected chi connectivity index (χ1v) is 10.2. The van der Waals surface area contributed by atoms with Gasteiger partial charge in [0.05, 0.1) is 0 Å². The van der Waals surface area contributed by atoms with E-state index in [0.29, 0.717) is 11.5 Å². The minimum atomic E-state index is 0.426. The summed E-state index contributed by atoms with van der Waals surface area (Å²) in [5.41, 5.74) is 2.39. The molecule has 8 nitrogen and oxygen atoms in total. The van der Waals surface area contributed by atoms with Crippen molar-refractivity contribution >= 4 is 23.1 Å². The molecule has 0 amide bonds. The summed E-state index contributed by atoms with van der Waals surface area (Å²) in [7, 11) is 2.08. The Morgan fingerprint density at radius 1 is 1.25 bits per heavy atom. The van der Waals surface area contributed by atoms with Gasteiger partial charge in [-0.2, -0.15) is 10.1 Å². The second-order valence-electron chi connectivity index (χ2n) is 8.39. The Bertz CT molecular complexity index is 966. The standard InChI is InChI=1S/C20H28N8/c1-14-12-17(25-24-14)22-18-16-4-3-10-28(16)26-19(23-18)27-11-9-20(13-27)7-5-15(21-2)6-8-20/h3-4,10,12,15,21H,5-9,11,13H2,1-2H3,(H2,22,23,24,25,26). The number of fused-ring (bicyclic) bond motifs is 1. The van der Waals surface area contributed by atoms with Crippen LogP contribution in [0.25, 0.3) is 5.52 Å². The average Bonchev–Trinajstić information content (AvgIpc) is 3.43. The maximum absolute atomic E-state index is 4.89. The van der Waals surface area contributed by atoms with Crippen LogP contribution in [0.15, 0.2) is 24.4 Å². The van der Waals surface area contributed by atoms with Crippen LogP contribution in [0, 0.1) is 12.3 Å². The monoisotopic (exact) mass is 380 g/mol. The van der Waals surface area contributed by atoms with E-state index in [1.807, 2.05) is 35.8 Å². The summed E-state index contributed by atoms with van der Waals surface area (Å²) >= 11 is 0. The van der Waals surface area contributed by atoms with E-state index in [1.54, 1.807) is 0 Å². The summed E-state index contributed by atoms with van der Waals surface area (Å²) in [6, 6.07) is 6.68. The molecule has 4 heterocycles. The minimum Gasteiger partial charge on any atom is -0.339 e. The molecule has 0 bridgehead atoms. The zero-order valence-electron chi connectivity index (χ0n) is 16.6. The first-order chi connectivity index (χ1) is 13.6. The lowest BCUT2D eigenvalue weighted by atomic mass is 9.72. The molecule has 3 N–H and O–H groups in total. The zero-order valence-corrected chi connectivity index (χ0v) is 16.6. The molecule has 28 heavy (non-hydrogen) atoms. The summed E-state index contributed by atoms with van der Waals surface area (Å²) in [6.45, 7) is 4.07. The topological polar surface area (TPSA) is 86.2 Å². The van der Waals surface area contributed by atoms with Crippen molar-refractivity contribution in [3.8, 4) is 0 Å². The van der Waals surface area contributed by atoms with Crippen LogP contribution in [-0.4, -0.2) is 51.0 Å². The largest absolute Gasteiger partial charge is 0.339 e. The molecule has 1 spiro atoms. The normalized spacial score (nSPS) is 25.1. The number of aromatic amines is 1. The number of hydrogen-bond acceptors (Lipinski definition) is 6. The van der Waals surface area contributed by atoms with Crippen molar-refractivity contribution in [3.63, 3.8) is 0 Å². The molecule has 1 saturated heterocycles. The quantitative estimate of drug-likeness (QED) is 0.645. The lowest BCUT2D eigenvalue weighted by Gasteiger charge is -2.37. The number of H-pyrrole nitrogens is 1. The molecule has 0 unspecified atom stereocenters. The average molecular weight is 381 g/mol. The highest BCUT2D eigenvalue weighted by atomic mass is 15.4. The van der Waals surface area contributed by atoms with E-state index in [-0.39, 0.29) is 0 Å². The van der Waals surface area contributed by atoms with E-state index in [9.17, 15) is 0 Å². The Balaban J connectivity index is 1.40. The minimum absolute atomic E-state index is 0.426. The molecule has 0 aromatic carbocycles. The highest BCUT2D eigenvalue weighted by Gasteiger charge is 2.41. The van der Waals surface area contributed by atoms with Gasteiger partial charge in [0.2, 0.25) is 5.95 Å². The van der Waals surface area contributed by atoms with Gasteiger partial charge in [0.25, 0.3) is 0 Å². The van der Waals surface area contributed by atoms with E-state index in [1.165, 1.54) is 32.1 Å². The lowest BCUT2D eigenvalue weighted by Crippen LogP contribution is -2.37. The number of rotatable bonds is 4. The summed E-state index contributed by atoms with van der Waals surface area (Å²) in [4.78, 5) is 7.25. The van der Waals surface area contributed by atoms with Crippen molar-refractivity contribution in [1.82, 2.24) is 30.1 Å². The summed E-state index contributed by atoms with van der Waals surface area (Å²) in [6.07, 6.45) is 8.33. The van der Waals surface area contributed by atoms with Gasteiger partial charge in [-0.05, 0) is 63.6 Å². The molecule has 1 saturated carbocycles. The van der Waals surface area contributed by atoms with Gasteiger partial charge in [0.15, 0.2) is 11.6 Å². The number of hydrogen-bond donors (Lipinski definition) is 3. The highest BCUT2D eigenvalue weighted by Crippen LogP contribution is 2.44. The Hall–Kier alpha value is -2.61. The van der Waals surface area contributed by atoms with Gasteiger partial charge in [0.1, 0.15) is 5.52 Å². The Morgan fingerprint density at radius 2 is 2.11 bits per heavy atom. The maximum Gasteiger partial charge on any atom is 0.245 e. The molecule has 148 valence electrons. The van der Waals surface area contributed by atoms with Crippen molar-refractivity contribution in [2.24, 2.45) is 5.41 Å². The van der Waals surface area contributed by atoms with Crippen LogP contribution >= 0.6 is 0 Å². The van der Waals surface area contributed by atoms with Crippen molar-refractivity contribution in [2.75, 3.05) is 30.4 Å². The molecule has 1 aliphatic heterocycles. The number of aryl methyl sites for hydroxylation is 1. The van der Waals surface area contributed by atoms with Crippen LogP contribution in [0.4, 0.5) is 17.6 Å². The van der Waals surface area contributed by atoms with Crippen LogP contribution in [0.1, 0.15) is 37.8 Å². The molecule has 5 rings (SSSR count). The van der Waals surface area contributed by atoms with Gasteiger partial charge in [0, 0.05) is 37.1 Å². The van der Waals surface area contributed by atoms with Crippen molar-refractivity contribution in [1.29, 1.82) is 0 Å². The SMILES string of the molecule is CNC1CCC2(CC1)CCN(c1nc(Nc3cc(C)[nH]n3)c3cccn3n1)C2. The third-order valence-electron chi connectivity index (χ3n) is 6.51. The van der Waals surface area contributed by atoms with Gasteiger partial charge in [-0.1, -0.05) is 0 Å². The van der Waals surface area contributed by atoms with Crippen molar-refractivity contribution in [3.05, 3.63) is 30.1 Å². The molecule has 0 radical (unpaired) electrons. The number of anilines is 3. The molecule has 3 aromatic rings. The molecule has 1 aliphatic carbocycles. The molecule has 3 aromatic heterocycles. The molecule has 8 heteroatoms. The van der Waals surface area contributed by atoms with Crippen LogP contribution < -0.4 is 15.5 Å². The highest BCUT2D eigenvalue weighted by molar-refractivity contribution is 5.73. The first-order valence-electron chi connectivity index (χ1n) is 10.2. The predicted octanol–water partition coefficient (Wildman–Crippen LogP) is 2.86. The number of nitrogens with one attached hydrogen (secondary N) is 3. The van der Waals surface area contributed by atoms with Crippen LogP contribution in [-0.2, 0) is 0 Å². The van der Waals surface area contributed by atoms with Crippen molar-refractivity contribution in [2.45, 2.75) is 45.1 Å². The molecule has 2 fully saturated rings. The van der Waals surface area contributed by atoms with E-state index < -0.39 is 0 Å². The molecule has 0 atom stereocenters. The molecular formula is C20H28N8. The zero-order chi connectivity index (χ0) is 19.1. The van der Waals surface area contributed by atoms with E-state index in [0.717, 1.165) is 41.9 Å². The predicted molar refractivity (Wildman–Crippen MR) is 110 cm³/mol. The summed E-state index contributed by atoms with van der Waals surface area (Å²) in [5, 5.41) is 18.8. The van der Waals surface area contributed by atoms with Gasteiger partial charge in [-0.15, -0.1) is 5.10 Å². The van der Waals surface area contributed by atoms with Crippen LogP contribution in [0.5, 0.6) is 0 Å². The fourth-order valence-corrected chi connectivity index (χ4v) is 4.79. The Kier molecular flexibility index (Phi) is 4.23. The fraction of sp³-hybridized carbons (Fsp3) is 0.550. The van der Waals surface area contributed by atoms with Gasteiger partial charge < -0.3 is 15.5 Å². The van der Waals surface area contributed by atoms with E-state index >= 15 is 0 Å². The Labute approximate surface area is 164 Å². The third-order valence-corrected chi connectivity index (χ3v) is 6.51. The second-order valence-corrected chi connectivity index (χ2v) is 8.39. The van der Waals surface area contributed by atoms with E-state index in [2.05, 4.69) is 32.8 Å².